The van der Waals surface area contributed by atoms with Crippen LogP contribution in [-0.2, 0) is 4.74 Å². The minimum atomic E-state index is -0.0505. The molecule has 0 amide bonds. The Labute approximate surface area is 125 Å². The molecular weight excluding hydrogens is 270 g/mol. The molecule has 7 heteroatoms. The van der Waals surface area contributed by atoms with Gasteiger partial charge in [0.2, 0.25) is 11.9 Å². The molecule has 1 aromatic heterocycles. The Morgan fingerprint density at radius 1 is 1.14 bits per heavy atom. The molecule has 7 nitrogen and oxygen atoms in total. The largest absolute Gasteiger partial charge is 0.464 e. The fourth-order valence-corrected chi connectivity index (χ4v) is 2.14. The number of hydrogen-bond acceptors (Lipinski definition) is 7. The van der Waals surface area contributed by atoms with Crippen LogP contribution < -0.4 is 15.4 Å². The zero-order chi connectivity index (χ0) is 15.1. The standard InChI is InChI=1S/C14H25N5O2/c1-4-8-15-11-16-12(18-13(17-11)21-5-2)19-14(3)6-9-20-10-7-14/h4-10H2,1-3H3,(H2,15,16,17,18,19). The summed E-state index contributed by atoms with van der Waals surface area (Å²) in [7, 11) is 0. The number of ether oxygens (including phenoxy) is 2. The van der Waals surface area contributed by atoms with Gasteiger partial charge in [-0.25, -0.2) is 0 Å². The van der Waals surface area contributed by atoms with Crippen molar-refractivity contribution in [2.24, 2.45) is 0 Å². The van der Waals surface area contributed by atoms with Gasteiger partial charge in [0.25, 0.3) is 0 Å². The second kappa shape index (κ2) is 7.40. The lowest BCUT2D eigenvalue weighted by Gasteiger charge is -2.34. The topological polar surface area (TPSA) is 81.2 Å². The average Bonchev–Trinajstić information content (AvgIpc) is 2.45. The molecule has 1 aliphatic heterocycles. The van der Waals surface area contributed by atoms with Crippen molar-refractivity contribution in [1.82, 2.24) is 15.0 Å². The summed E-state index contributed by atoms with van der Waals surface area (Å²) in [6.07, 6.45) is 2.87. The van der Waals surface area contributed by atoms with Gasteiger partial charge in [0.15, 0.2) is 0 Å². The molecule has 0 radical (unpaired) electrons. The fourth-order valence-electron chi connectivity index (χ4n) is 2.14. The highest BCUT2D eigenvalue weighted by Crippen LogP contribution is 2.24. The lowest BCUT2D eigenvalue weighted by atomic mass is 9.93. The van der Waals surface area contributed by atoms with Gasteiger partial charge in [0, 0.05) is 25.3 Å². The number of aromatic nitrogens is 3. The third kappa shape index (κ3) is 4.70. The smallest absolute Gasteiger partial charge is 0.323 e. The Bertz CT molecular complexity index is 449. The number of nitrogens with zero attached hydrogens (tertiary/aromatic N) is 3. The van der Waals surface area contributed by atoms with Gasteiger partial charge in [-0.1, -0.05) is 6.92 Å². The van der Waals surface area contributed by atoms with Crippen LogP contribution in [0.4, 0.5) is 11.9 Å². The fraction of sp³-hybridized carbons (Fsp3) is 0.786. The van der Waals surface area contributed by atoms with Crippen molar-refractivity contribution in [1.29, 1.82) is 0 Å². The van der Waals surface area contributed by atoms with E-state index in [4.69, 9.17) is 9.47 Å². The molecule has 0 atom stereocenters. The molecule has 118 valence electrons. The van der Waals surface area contributed by atoms with E-state index in [9.17, 15) is 0 Å². The predicted octanol–water partition coefficient (Wildman–Crippen LogP) is 2.07. The normalized spacial score (nSPS) is 17.3. The van der Waals surface area contributed by atoms with Crippen molar-refractivity contribution < 1.29 is 9.47 Å². The first-order valence-corrected chi connectivity index (χ1v) is 7.64. The molecule has 0 aliphatic carbocycles. The van der Waals surface area contributed by atoms with E-state index in [1.807, 2.05) is 6.92 Å². The highest BCUT2D eigenvalue weighted by atomic mass is 16.5. The Morgan fingerprint density at radius 3 is 2.52 bits per heavy atom. The quantitative estimate of drug-likeness (QED) is 0.797. The summed E-state index contributed by atoms with van der Waals surface area (Å²) in [5.41, 5.74) is -0.0505. The second-order valence-electron chi connectivity index (χ2n) is 5.42. The summed E-state index contributed by atoms with van der Waals surface area (Å²) in [4.78, 5) is 13.0. The first-order valence-electron chi connectivity index (χ1n) is 7.64. The maximum atomic E-state index is 5.42. The van der Waals surface area contributed by atoms with Crippen molar-refractivity contribution in [3.05, 3.63) is 0 Å². The molecule has 0 bridgehead atoms. The summed E-state index contributed by atoms with van der Waals surface area (Å²) in [6, 6.07) is 0.351. The second-order valence-corrected chi connectivity index (χ2v) is 5.42. The molecule has 1 fully saturated rings. The minimum Gasteiger partial charge on any atom is -0.464 e. The molecule has 2 N–H and O–H groups in total. The van der Waals surface area contributed by atoms with Gasteiger partial charge in [0.1, 0.15) is 0 Å². The van der Waals surface area contributed by atoms with E-state index in [-0.39, 0.29) is 5.54 Å². The number of nitrogens with one attached hydrogen (secondary N) is 2. The van der Waals surface area contributed by atoms with Crippen molar-refractivity contribution in [3.8, 4) is 6.01 Å². The van der Waals surface area contributed by atoms with E-state index >= 15 is 0 Å². The minimum absolute atomic E-state index is 0.0505. The first-order chi connectivity index (χ1) is 10.1. The Balaban J connectivity index is 2.14. The molecule has 2 rings (SSSR count). The highest BCUT2D eigenvalue weighted by molar-refractivity contribution is 5.38. The Kier molecular flexibility index (Phi) is 5.55. The Hall–Kier alpha value is -1.63. The van der Waals surface area contributed by atoms with Crippen LogP contribution in [0.5, 0.6) is 6.01 Å². The van der Waals surface area contributed by atoms with Crippen LogP contribution in [0.15, 0.2) is 0 Å². The summed E-state index contributed by atoms with van der Waals surface area (Å²) in [6.45, 7) is 9.04. The van der Waals surface area contributed by atoms with E-state index in [1.165, 1.54) is 0 Å². The van der Waals surface area contributed by atoms with Crippen LogP contribution in [0.2, 0.25) is 0 Å². The van der Waals surface area contributed by atoms with Crippen molar-refractivity contribution in [3.63, 3.8) is 0 Å². The van der Waals surface area contributed by atoms with E-state index < -0.39 is 0 Å². The van der Waals surface area contributed by atoms with Crippen LogP contribution in [0.3, 0.4) is 0 Å². The van der Waals surface area contributed by atoms with E-state index in [2.05, 4.69) is 39.4 Å². The molecule has 21 heavy (non-hydrogen) atoms. The van der Waals surface area contributed by atoms with E-state index in [1.54, 1.807) is 0 Å². The number of anilines is 2. The van der Waals surface area contributed by atoms with Crippen LogP contribution >= 0.6 is 0 Å². The van der Waals surface area contributed by atoms with Crippen molar-refractivity contribution in [2.75, 3.05) is 37.0 Å². The molecule has 2 heterocycles. The molecule has 0 saturated carbocycles. The summed E-state index contributed by atoms with van der Waals surface area (Å²) in [5.74, 6) is 1.10. The number of rotatable bonds is 7. The maximum Gasteiger partial charge on any atom is 0.323 e. The SMILES string of the molecule is CCCNc1nc(NC2(C)CCOCC2)nc(OCC)n1. The maximum absolute atomic E-state index is 5.42. The van der Waals surface area contributed by atoms with Crippen LogP contribution in [-0.4, -0.2) is 46.9 Å². The van der Waals surface area contributed by atoms with Crippen molar-refractivity contribution >= 4 is 11.9 Å². The van der Waals surface area contributed by atoms with Crippen LogP contribution in [0, 0.1) is 0 Å². The molecular formula is C14H25N5O2. The Morgan fingerprint density at radius 2 is 1.86 bits per heavy atom. The molecule has 0 unspecified atom stereocenters. The van der Waals surface area contributed by atoms with Gasteiger partial charge in [-0.2, -0.15) is 15.0 Å². The van der Waals surface area contributed by atoms with Crippen LogP contribution in [0.25, 0.3) is 0 Å². The highest BCUT2D eigenvalue weighted by Gasteiger charge is 2.28. The monoisotopic (exact) mass is 295 g/mol. The summed E-state index contributed by atoms with van der Waals surface area (Å²) < 4.78 is 10.8. The average molecular weight is 295 g/mol. The zero-order valence-corrected chi connectivity index (χ0v) is 13.1. The van der Waals surface area contributed by atoms with Crippen molar-refractivity contribution in [2.45, 2.75) is 45.6 Å². The summed E-state index contributed by atoms with van der Waals surface area (Å²) in [5, 5.41) is 6.59. The summed E-state index contributed by atoms with van der Waals surface area (Å²) >= 11 is 0. The lowest BCUT2D eigenvalue weighted by Crippen LogP contribution is -2.41. The first kappa shape index (κ1) is 15.8. The lowest BCUT2D eigenvalue weighted by molar-refractivity contribution is 0.0655. The van der Waals surface area contributed by atoms with Gasteiger partial charge in [0.05, 0.1) is 6.61 Å². The third-order valence-electron chi connectivity index (χ3n) is 3.43. The molecule has 1 saturated heterocycles. The van der Waals surface area contributed by atoms with E-state index in [0.29, 0.717) is 24.5 Å². The molecule has 0 spiro atoms. The third-order valence-corrected chi connectivity index (χ3v) is 3.43. The van der Waals surface area contributed by atoms with Gasteiger partial charge >= 0.3 is 6.01 Å². The molecule has 1 aliphatic rings. The molecule has 1 aromatic rings. The molecule has 0 aromatic carbocycles. The van der Waals surface area contributed by atoms with E-state index in [0.717, 1.165) is 39.0 Å². The van der Waals surface area contributed by atoms with Gasteiger partial charge in [-0.15, -0.1) is 0 Å². The van der Waals surface area contributed by atoms with Gasteiger partial charge in [-0.05, 0) is 33.1 Å². The van der Waals surface area contributed by atoms with Gasteiger partial charge in [-0.3, -0.25) is 0 Å². The number of hydrogen-bond donors (Lipinski definition) is 2. The van der Waals surface area contributed by atoms with Crippen LogP contribution in [0.1, 0.15) is 40.0 Å². The van der Waals surface area contributed by atoms with Gasteiger partial charge < -0.3 is 20.1 Å². The predicted molar refractivity (Wildman–Crippen MR) is 81.9 cm³/mol. The zero-order valence-electron chi connectivity index (χ0n) is 13.1.